The third-order valence-corrected chi connectivity index (χ3v) is 4.80. The fourth-order valence-electron chi connectivity index (χ4n) is 2.87. The maximum absolute atomic E-state index is 12.8. The molecule has 0 radical (unpaired) electrons. The van der Waals surface area contributed by atoms with E-state index < -0.39 is 12.1 Å². The molecule has 0 aromatic heterocycles. The van der Waals surface area contributed by atoms with Crippen molar-refractivity contribution in [3.05, 3.63) is 34.9 Å². The minimum absolute atomic E-state index is 0.0623. The van der Waals surface area contributed by atoms with E-state index in [0.717, 1.165) is 12.0 Å². The summed E-state index contributed by atoms with van der Waals surface area (Å²) >= 11 is 12.2. The summed E-state index contributed by atoms with van der Waals surface area (Å²) in [6.45, 7) is 0. The molecule has 0 spiro atoms. The quantitative estimate of drug-likeness (QED) is 0.611. The Balaban J connectivity index is 1.95. The molecule has 20 heavy (non-hydrogen) atoms. The van der Waals surface area contributed by atoms with E-state index in [1.54, 1.807) is 12.1 Å². The van der Waals surface area contributed by atoms with Crippen molar-refractivity contribution < 1.29 is 13.2 Å². The Bertz CT molecular complexity index is 428. The van der Waals surface area contributed by atoms with Crippen LogP contribution < -0.4 is 0 Å². The minimum atomic E-state index is -4.09. The fraction of sp³-hybridized carbons (Fsp3) is 0.600. The lowest BCUT2D eigenvalue weighted by molar-refractivity contribution is -0.185. The number of hydrogen-bond donors (Lipinski definition) is 0. The molecule has 0 nitrogen and oxygen atoms in total. The Morgan fingerprint density at radius 1 is 1.15 bits per heavy atom. The first-order valence-corrected chi connectivity index (χ1v) is 7.63. The van der Waals surface area contributed by atoms with Crippen LogP contribution in [0, 0.1) is 11.8 Å². The molecule has 2 rings (SSSR count). The number of alkyl halides is 4. The molecule has 0 saturated heterocycles. The summed E-state index contributed by atoms with van der Waals surface area (Å²) in [5, 5.41) is 0.399. The van der Waals surface area contributed by atoms with Crippen LogP contribution >= 0.6 is 23.2 Å². The summed E-state index contributed by atoms with van der Waals surface area (Å²) in [7, 11) is 0. The third-order valence-electron chi connectivity index (χ3n) is 4.03. The summed E-state index contributed by atoms with van der Waals surface area (Å²) in [6, 6.07) is 7.31. The molecule has 1 aromatic rings. The molecule has 1 saturated carbocycles. The maximum Gasteiger partial charge on any atom is 0.391 e. The van der Waals surface area contributed by atoms with Gasteiger partial charge in [0, 0.05) is 10.4 Å². The summed E-state index contributed by atoms with van der Waals surface area (Å²) < 4.78 is 38.4. The Hall–Kier alpha value is -0.410. The summed E-state index contributed by atoms with van der Waals surface area (Å²) in [4.78, 5) is 0. The van der Waals surface area contributed by atoms with E-state index in [1.807, 2.05) is 12.1 Å². The predicted molar refractivity (Wildman–Crippen MR) is 76.3 cm³/mol. The lowest BCUT2D eigenvalue weighted by Crippen LogP contribution is -2.32. The van der Waals surface area contributed by atoms with E-state index in [-0.39, 0.29) is 24.1 Å². The Labute approximate surface area is 127 Å². The molecule has 3 atom stereocenters. The van der Waals surface area contributed by atoms with Crippen LogP contribution in [0.4, 0.5) is 13.2 Å². The van der Waals surface area contributed by atoms with E-state index in [1.165, 1.54) is 0 Å². The first-order chi connectivity index (χ1) is 9.36. The van der Waals surface area contributed by atoms with Crippen molar-refractivity contribution in [1.82, 2.24) is 0 Å². The van der Waals surface area contributed by atoms with E-state index in [2.05, 4.69) is 0 Å². The normalized spacial score (nSPS) is 25.4. The highest BCUT2D eigenvalue weighted by atomic mass is 35.5. The zero-order chi connectivity index (χ0) is 14.8. The van der Waals surface area contributed by atoms with Gasteiger partial charge in [0.15, 0.2) is 0 Å². The molecule has 1 aromatic carbocycles. The highest BCUT2D eigenvalue weighted by Crippen LogP contribution is 2.42. The van der Waals surface area contributed by atoms with Crippen LogP contribution in [0.2, 0.25) is 5.02 Å². The average molecular weight is 325 g/mol. The summed E-state index contributed by atoms with van der Waals surface area (Å²) in [5.74, 6) is -1.25. The zero-order valence-electron chi connectivity index (χ0n) is 11.0. The Kier molecular flexibility index (Phi) is 5.25. The van der Waals surface area contributed by atoms with Crippen LogP contribution in [-0.4, -0.2) is 11.6 Å². The number of rotatable bonds is 3. The van der Waals surface area contributed by atoms with Crippen molar-refractivity contribution in [2.24, 2.45) is 11.8 Å². The minimum Gasteiger partial charge on any atom is -0.171 e. The van der Waals surface area contributed by atoms with Crippen molar-refractivity contribution in [3.8, 4) is 0 Å². The third kappa shape index (κ3) is 4.29. The molecular formula is C15H17Cl2F3. The molecule has 0 heterocycles. The number of benzene rings is 1. The Morgan fingerprint density at radius 3 is 2.40 bits per heavy atom. The molecule has 0 amide bonds. The van der Waals surface area contributed by atoms with Gasteiger partial charge < -0.3 is 0 Å². The van der Waals surface area contributed by atoms with Crippen LogP contribution in [0.3, 0.4) is 0 Å². The van der Waals surface area contributed by atoms with E-state index >= 15 is 0 Å². The van der Waals surface area contributed by atoms with Crippen LogP contribution in [0.1, 0.15) is 31.2 Å². The molecule has 3 unspecified atom stereocenters. The predicted octanol–water partition coefficient (Wildman–Crippen LogP) is 5.86. The van der Waals surface area contributed by atoms with E-state index in [4.69, 9.17) is 23.2 Å². The maximum atomic E-state index is 12.8. The molecule has 1 aliphatic rings. The van der Waals surface area contributed by atoms with Gasteiger partial charge >= 0.3 is 6.18 Å². The SMILES string of the molecule is FC(F)(F)C1CCCC(C(Cl)Cc2ccc(Cl)cc2)C1. The van der Waals surface area contributed by atoms with Gasteiger partial charge in [0.25, 0.3) is 0 Å². The first kappa shape index (κ1) is 16.0. The molecule has 0 aliphatic heterocycles. The molecule has 112 valence electrons. The van der Waals surface area contributed by atoms with Gasteiger partial charge in [0.05, 0.1) is 5.92 Å². The highest BCUT2D eigenvalue weighted by Gasteiger charge is 2.43. The summed E-state index contributed by atoms with van der Waals surface area (Å²) in [6.07, 6.45) is -1.70. The van der Waals surface area contributed by atoms with Crippen molar-refractivity contribution in [3.63, 3.8) is 0 Å². The van der Waals surface area contributed by atoms with Crippen molar-refractivity contribution >= 4 is 23.2 Å². The lowest BCUT2D eigenvalue weighted by atomic mass is 9.78. The monoisotopic (exact) mass is 324 g/mol. The number of halogens is 5. The highest BCUT2D eigenvalue weighted by molar-refractivity contribution is 6.30. The van der Waals surface area contributed by atoms with Gasteiger partial charge in [-0.2, -0.15) is 13.2 Å². The van der Waals surface area contributed by atoms with Gasteiger partial charge in [-0.15, -0.1) is 11.6 Å². The smallest absolute Gasteiger partial charge is 0.171 e. The van der Waals surface area contributed by atoms with E-state index in [0.29, 0.717) is 17.9 Å². The largest absolute Gasteiger partial charge is 0.391 e. The molecule has 1 aliphatic carbocycles. The molecular weight excluding hydrogens is 308 g/mol. The second-order valence-corrected chi connectivity index (χ2v) is 6.51. The first-order valence-electron chi connectivity index (χ1n) is 6.81. The van der Waals surface area contributed by atoms with Gasteiger partial charge in [0.1, 0.15) is 0 Å². The van der Waals surface area contributed by atoms with Crippen LogP contribution in [-0.2, 0) is 6.42 Å². The summed E-state index contributed by atoms with van der Waals surface area (Å²) in [5.41, 5.74) is 1.02. The second kappa shape index (κ2) is 6.57. The zero-order valence-corrected chi connectivity index (χ0v) is 12.5. The standard InChI is InChI=1S/C15H17Cl2F3/c16-13-6-4-10(5-7-13)8-14(17)11-2-1-3-12(9-11)15(18,19)20/h4-7,11-12,14H,1-3,8-9H2. The number of hydrogen-bond acceptors (Lipinski definition) is 0. The van der Waals surface area contributed by atoms with Crippen molar-refractivity contribution in [1.29, 1.82) is 0 Å². The van der Waals surface area contributed by atoms with Crippen molar-refractivity contribution in [2.45, 2.75) is 43.7 Å². The van der Waals surface area contributed by atoms with E-state index in [9.17, 15) is 13.2 Å². The van der Waals surface area contributed by atoms with Gasteiger partial charge in [-0.1, -0.05) is 30.2 Å². The van der Waals surface area contributed by atoms with Gasteiger partial charge in [-0.25, -0.2) is 0 Å². The topological polar surface area (TPSA) is 0 Å². The Morgan fingerprint density at radius 2 is 1.80 bits per heavy atom. The van der Waals surface area contributed by atoms with Gasteiger partial charge in [0.2, 0.25) is 0 Å². The average Bonchev–Trinajstić information content (AvgIpc) is 2.40. The molecule has 5 heteroatoms. The second-order valence-electron chi connectivity index (χ2n) is 5.51. The van der Waals surface area contributed by atoms with Crippen molar-refractivity contribution in [2.75, 3.05) is 0 Å². The lowest BCUT2D eigenvalue weighted by Gasteiger charge is -2.33. The van der Waals surface area contributed by atoms with Gasteiger partial charge in [-0.05, 0) is 49.3 Å². The van der Waals surface area contributed by atoms with Crippen LogP contribution in [0.15, 0.2) is 24.3 Å². The van der Waals surface area contributed by atoms with Crippen LogP contribution in [0.25, 0.3) is 0 Å². The van der Waals surface area contributed by atoms with Gasteiger partial charge in [-0.3, -0.25) is 0 Å². The fourth-order valence-corrected chi connectivity index (χ4v) is 3.40. The van der Waals surface area contributed by atoms with Crippen LogP contribution in [0.5, 0.6) is 0 Å². The molecule has 0 bridgehead atoms. The molecule has 1 fully saturated rings. The molecule has 0 N–H and O–H groups in total.